The summed E-state index contributed by atoms with van der Waals surface area (Å²) in [7, 11) is -1.09. The molecule has 0 saturated heterocycles. The molecule has 3 nitrogen and oxygen atoms in total. The van der Waals surface area contributed by atoms with E-state index in [9.17, 15) is 4.21 Å². The first-order valence-electron chi connectivity index (χ1n) is 7.46. The Morgan fingerprint density at radius 1 is 1.14 bits per heavy atom. The van der Waals surface area contributed by atoms with Gasteiger partial charge in [0.15, 0.2) is 0 Å². The van der Waals surface area contributed by atoms with Gasteiger partial charge in [-0.1, -0.05) is 54.1 Å². The minimum atomic E-state index is -1.09. The number of nitrogens with one attached hydrogen (secondary N) is 1. The summed E-state index contributed by atoms with van der Waals surface area (Å²) < 4.78 is 15.6. The summed E-state index contributed by atoms with van der Waals surface area (Å²) >= 11 is 0. The van der Waals surface area contributed by atoms with Crippen LogP contribution in [0.1, 0.15) is 44.4 Å². The summed E-state index contributed by atoms with van der Waals surface area (Å²) in [4.78, 5) is 0. The number of hydrogen-bond acceptors (Lipinski definition) is 1. The molecule has 2 atom stereocenters. The highest BCUT2D eigenvalue weighted by molar-refractivity contribution is 7.84. The predicted molar refractivity (Wildman–Crippen MR) is 95.0 cm³/mol. The zero-order chi connectivity index (χ0) is 15.5. The normalized spacial score (nSPS) is 17.8. The topological polar surface area (TPSA) is 60.6 Å². The van der Waals surface area contributed by atoms with Crippen LogP contribution in [0.25, 0.3) is 0 Å². The van der Waals surface area contributed by atoms with Crippen molar-refractivity contribution in [1.82, 2.24) is 4.72 Å². The number of aryl methyl sites for hydroxylation is 1. The van der Waals surface area contributed by atoms with E-state index in [0.29, 0.717) is 0 Å². The van der Waals surface area contributed by atoms with Gasteiger partial charge in [-0.3, -0.25) is 0 Å². The second kappa shape index (κ2) is 7.86. The van der Waals surface area contributed by atoms with Crippen LogP contribution < -0.4 is 4.72 Å². The molecule has 0 radical (unpaired) electrons. The molecule has 122 valence electrons. The Morgan fingerprint density at radius 3 is 2.18 bits per heavy atom. The van der Waals surface area contributed by atoms with Crippen LogP contribution in [-0.2, 0) is 11.0 Å². The highest BCUT2D eigenvalue weighted by atomic mass is 32.2. The minimum absolute atomic E-state index is 0. The highest BCUT2D eigenvalue weighted by Gasteiger charge is 2.27. The fourth-order valence-corrected chi connectivity index (χ4v) is 3.15. The van der Waals surface area contributed by atoms with E-state index in [4.69, 9.17) is 0 Å². The molecule has 2 rings (SSSR count). The molecule has 0 amide bonds. The smallest absolute Gasteiger partial charge is 0.0976 e. The zero-order valence-electron chi connectivity index (χ0n) is 13.8. The molecular formula is C18H27NO2S. The van der Waals surface area contributed by atoms with Crippen molar-refractivity contribution < 1.29 is 9.69 Å². The molecule has 3 N–H and O–H groups in total. The molecule has 0 fully saturated rings. The van der Waals surface area contributed by atoms with Crippen molar-refractivity contribution in [2.24, 2.45) is 5.92 Å². The van der Waals surface area contributed by atoms with Crippen LogP contribution in [0.4, 0.5) is 0 Å². The molecule has 1 aliphatic carbocycles. The Balaban J connectivity index is 0.00000242. The van der Waals surface area contributed by atoms with Gasteiger partial charge in [0.05, 0.1) is 21.8 Å². The lowest BCUT2D eigenvalue weighted by molar-refractivity contribution is 0.544. The van der Waals surface area contributed by atoms with E-state index in [2.05, 4.69) is 60.2 Å². The third-order valence-corrected chi connectivity index (χ3v) is 5.18. The number of hydrogen-bond donors (Lipinski definition) is 1. The first kappa shape index (κ1) is 18.8. The molecule has 0 aliphatic heterocycles. The van der Waals surface area contributed by atoms with Crippen molar-refractivity contribution in [2.45, 2.75) is 44.9 Å². The third kappa shape index (κ3) is 4.90. The predicted octanol–water partition coefficient (Wildman–Crippen LogP) is 3.40. The molecule has 0 saturated carbocycles. The van der Waals surface area contributed by atoms with Crippen LogP contribution in [-0.4, -0.2) is 14.4 Å². The fraction of sp³-hybridized carbons (Fsp3) is 0.444. The van der Waals surface area contributed by atoms with Crippen LogP contribution in [0.5, 0.6) is 0 Å². The van der Waals surface area contributed by atoms with Crippen LogP contribution in [0, 0.1) is 12.8 Å². The molecule has 4 heteroatoms. The van der Waals surface area contributed by atoms with Gasteiger partial charge in [0.1, 0.15) is 0 Å². The van der Waals surface area contributed by atoms with E-state index in [-0.39, 0.29) is 22.2 Å². The van der Waals surface area contributed by atoms with Gasteiger partial charge in [-0.15, -0.1) is 0 Å². The Hall–Kier alpha value is -1.23. The molecular weight excluding hydrogens is 294 g/mol. The maximum Gasteiger partial charge on any atom is 0.0976 e. The van der Waals surface area contributed by atoms with Crippen molar-refractivity contribution >= 4 is 11.0 Å². The van der Waals surface area contributed by atoms with Gasteiger partial charge in [0.25, 0.3) is 0 Å². The lowest BCUT2D eigenvalue weighted by atomic mass is 9.90. The molecule has 1 aromatic carbocycles. The molecule has 22 heavy (non-hydrogen) atoms. The molecule has 0 unspecified atom stereocenters. The SMILES string of the molecule is Cc1ccc([C@@H](N[S@@](=O)C(C)(C)C)C2C=CCC=C2)cc1.O. The molecule has 0 heterocycles. The maximum atomic E-state index is 12.5. The summed E-state index contributed by atoms with van der Waals surface area (Å²) in [5, 5.41) is 0. The highest BCUT2D eigenvalue weighted by Crippen LogP contribution is 2.28. The Bertz CT molecular complexity index is 543. The Kier molecular flexibility index (Phi) is 6.72. The molecule has 0 aromatic heterocycles. The zero-order valence-corrected chi connectivity index (χ0v) is 14.6. The number of allylic oxidation sites excluding steroid dienone is 2. The Labute approximate surface area is 136 Å². The van der Waals surface area contributed by atoms with E-state index in [1.807, 2.05) is 20.8 Å². The maximum absolute atomic E-state index is 12.5. The van der Waals surface area contributed by atoms with Gasteiger partial charge in [-0.05, 0) is 39.7 Å². The number of benzene rings is 1. The van der Waals surface area contributed by atoms with Gasteiger partial charge >= 0.3 is 0 Å². The Morgan fingerprint density at radius 2 is 1.68 bits per heavy atom. The monoisotopic (exact) mass is 321 g/mol. The van der Waals surface area contributed by atoms with Gasteiger partial charge in [-0.25, -0.2) is 8.93 Å². The second-order valence-corrected chi connectivity index (χ2v) is 8.55. The van der Waals surface area contributed by atoms with Crippen LogP contribution in [0.2, 0.25) is 0 Å². The lowest BCUT2D eigenvalue weighted by Gasteiger charge is -2.28. The van der Waals surface area contributed by atoms with Gasteiger partial charge in [0.2, 0.25) is 0 Å². The van der Waals surface area contributed by atoms with Gasteiger partial charge in [-0.2, -0.15) is 0 Å². The summed E-state index contributed by atoms with van der Waals surface area (Å²) in [5.41, 5.74) is 2.42. The van der Waals surface area contributed by atoms with E-state index >= 15 is 0 Å². The van der Waals surface area contributed by atoms with Gasteiger partial charge in [0, 0.05) is 5.92 Å². The summed E-state index contributed by atoms with van der Waals surface area (Å²) in [6.45, 7) is 8.07. The molecule has 0 spiro atoms. The van der Waals surface area contributed by atoms with Crippen LogP contribution >= 0.6 is 0 Å². The average Bonchev–Trinajstić information content (AvgIpc) is 2.45. The fourth-order valence-electron chi connectivity index (χ4n) is 2.27. The largest absolute Gasteiger partial charge is 0.412 e. The second-order valence-electron chi connectivity index (χ2n) is 6.56. The van der Waals surface area contributed by atoms with E-state index in [1.165, 1.54) is 11.1 Å². The van der Waals surface area contributed by atoms with Crippen LogP contribution in [0.3, 0.4) is 0 Å². The average molecular weight is 321 g/mol. The van der Waals surface area contributed by atoms with Crippen molar-refractivity contribution in [3.05, 3.63) is 59.7 Å². The molecule has 1 aromatic rings. The van der Waals surface area contributed by atoms with E-state index < -0.39 is 11.0 Å². The molecule has 0 bridgehead atoms. The van der Waals surface area contributed by atoms with E-state index in [0.717, 1.165) is 6.42 Å². The first-order chi connectivity index (χ1) is 9.88. The van der Waals surface area contributed by atoms with E-state index in [1.54, 1.807) is 0 Å². The van der Waals surface area contributed by atoms with Crippen molar-refractivity contribution in [1.29, 1.82) is 0 Å². The van der Waals surface area contributed by atoms with Crippen molar-refractivity contribution in [2.75, 3.05) is 0 Å². The quantitative estimate of drug-likeness (QED) is 0.849. The third-order valence-electron chi connectivity index (χ3n) is 3.60. The van der Waals surface area contributed by atoms with Gasteiger partial charge < -0.3 is 5.48 Å². The molecule has 1 aliphatic rings. The summed E-state index contributed by atoms with van der Waals surface area (Å²) in [6.07, 6.45) is 9.75. The van der Waals surface area contributed by atoms with Crippen molar-refractivity contribution in [3.63, 3.8) is 0 Å². The van der Waals surface area contributed by atoms with Crippen molar-refractivity contribution in [3.8, 4) is 0 Å². The lowest BCUT2D eigenvalue weighted by Crippen LogP contribution is -2.38. The standard InChI is InChI=1S/C18H25NOS.H2O/c1-14-10-12-16(13-11-14)17(15-8-6-5-7-9-15)19-21(20)18(2,3)4;/h6-13,15,17,19H,5H2,1-4H3;1H2/t17-,21-;/m0./s1. The summed E-state index contributed by atoms with van der Waals surface area (Å²) in [5.74, 6) is 0.243. The first-order valence-corrected chi connectivity index (χ1v) is 8.61. The minimum Gasteiger partial charge on any atom is -0.412 e. The van der Waals surface area contributed by atoms with Crippen LogP contribution in [0.15, 0.2) is 48.6 Å². The summed E-state index contributed by atoms with van der Waals surface area (Å²) in [6, 6.07) is 8.52. The number of rotatable bonds is 4.